The standard InChI is InChI=1S/C15H27N3O/c1-18-8-4-6-12(10-18)16-15(19)14-9-11-5-2-3-7-13(11)17-14/h11-14,17H,2-10H2,1H3,(H,16,19). The smallest absolute Gasteiger partial charge is 0.237 e. The number of rotatable bonds is 2. The van der Waals surface area contributed by atoms with E-state index in [4.69, 9.17) is 0 Å². The molecule has 4 heteroatoms. The average molecular weight is 265 g/mol. The number of hydrogen-bond acceptors (Lipinski definition) is 3. The summed E-state index contributed by atoms with van der Waals surface area (Å²) >= 11 is 0. The SMILES string of the molecule is CN1CCCC(NC(=O)C2CC3CCCCC3N2)C1. The number of amides is 1. The molecule has 0 bridgehead atoms. The average Bonchev–Trinajstić information content (AvgIpc) is 2.82. The Bertz CT molecular complexity index is 319. The number of carbonyl (C=O) groups excluding carboxylic acids is 1. The molecular weight excluding hydrogens is 238 g/mol. The maximum atomic E-state index is 12.4. The predicted octanol–water partition coefficient (Wildman–Crippen LogP) is 1.12. The Hall–Kier alpha value is -0.610. The van der Waals surface area contributed by atoms with E-state index in [9.17, 15) is 4.79 Å². The van der Waals surface area contributed by atoms with E-state index in [1.807, 2.05) is 0 Å². The van der Waals surface area contributed by atoms with Crippen LogP contribution in [0.5, 0.6) is 0 Å². The molecule has 0 radical (unpaired) electrons. The van der Waals surface area contributed by atoms with Crippen LogP contribution in [0.2, 0.25) is 0 Å². The number of likely N-dealkylation sites (N-methyl/N-ethyl adjacent to an activating group) is 1. The molecule has 108 valence electrons. The van der Waals surface area contributed by atoms with Crippen molar-refractivity contribution in [2.24, 2.45) is 5.92 Å². The summed E-state index contributed by atoms with van der Waals surface area (Å²) in [5.41, 5.74) is 0. The number of piperidine rings is 1. The van der Waals surface area contributed by atoms with Crippen molar-refractivity contribution in [2.45, 2.75) is 63.1 Å². The van der Waals surface area contributed by atoms with Gasteiger partial charge in [0.1, 0.15) is 0 Å². The number of nitrogens with one attached hydrogen (secondary N) is 2. The van der Waals surface area contributed by atoms with Crippen LogP contribution in [-0.2, 0) is 4.79 Å². The quantitative estimate of drug-likeness (QED) is 0.786. The molecule has 4 nitrogen and oxygen atoms in total. The first-order chi connectivity index (χ1) is 9.22. The van der Waals surface area contributed by atoms with Crippen LogP contribution in [0, 0.1) is 5.92 Å². The van der Waals surface area contributed by atoms with Gasteiger partial charge >= 0.3 is 0 Å². The third-order valence-electron chi connectivity index (χ3n) is 5.15. The Kier molecular flexibility index (Phi) is 4.08. The number of fused-ring (bicyclic) bond motifs is 1. The van der Waals surface area contributed by atoms with Gasteiger partial charge in [-0.15, -0.1) is 0 Å². The van der Waals surface area contributed by atoms with E-state index >= 15 is 0 Å². The molecule has 4 atom stereocenters. The second kappa shape index (κ2) is 5.80. The Morgan fingerprint density at radius 3 is 2.84 bits per heavy atom. The van der Waals surface area contributed by atoms with Crippen molar-refractivity contribution < 1.29 is 4.79 Å². The van der Waals surface area contributed by atoms with Gasteiger partial charge in [0.15, 0.2) is 0 Å². The second-order valence-corrected chi connectivity index (χ2v) is 6.72. The molecule has 4 unspecified atom stereocenters. The van der Waals surface area contributed by atoms with Crippen molar-refractivity contribution in [1.82, 2.24) is 15.5 Å². The molecule has 1 aliphatic carbocycles. The molecule has 3 aliphatic rings. The predicted molar refractivity (Wildman–Crippen MR) is 75.9 cm³/mol. The number of nitrogens with zero attached hydrogens (tertiary/aromatic N) is 1. The fraction of sp³-hybridized carbons (Fsp3) is 0.933. The largest absolute Gasteiger partial charge is 0.351 e. The zero-order valence-electron chi connectivity index (χ0n) is 12.0. The molecule has 2 heterocycles. The van der Waals surface area contributed by atoms with E-state index in [1.165, 1.54) is 32.1 Å². The molecule has 0 aromatic heterocycles. The van der Waals surface area contributed by atoms with Crippen molar-refractivity contribution in [3.63, 3.8) is 0 Å². The van der Waals surface area contributed by atoms with E-state index < -0.39 is 0 Å². The molecule has 1 saturated carbocycles. The van der Waals surface area contributed by atoms with Gasteiger partial charge in [0, 0.05) is 18.6 Å². The first-order valence-corrected chi connectivity index (χ1v) is 7.97. The lowest BCUT2D eigenvalue weighted by molar-refractivity contribution is -0.123. The van der Waals surface area contributed by atoms with Gasteiger partial charge in [-0.1, -0.05) is 12.8 Å². The first kappa shape index (κ1) is 13.4. The summed E-state index contributed by atoms with van der Waals surface area (Å²) in [4.78, 5) is 14.7. The molecule has 2 aliphatic heterocycles. The Labute approximate surface area is 116 Å². The zero-order chi connectivity index (χ0) is 13.2. The van der Waals surface area contributed by atoms with E-state index in [-0.39, 0.29) is 11.9 Å². The summed E-state index contributed by atoms with van der Waals surface area (Å²) in [6.45, 7) is 2.17. The molecule has 3 rings (SSSR count). The van der Waals surface area contributed by atoms with Crippen molar-refractivity contribution in [3.05, 3.63) is 0 Å². The van der Waals surface area contributed by atoms with Gasteiger partial charge in [-0.05, 0) is 51.6 Å². The third kappa shape index (κ3) is 3.11. The number of carbonyl (C=O) groups is 1. The third-order valence-corrected chi connectivity index (χ3v) is 5.15. The molecule has 2 N–H and O–H groups in total. The summed E-state index contributed by atoms with van der Waals surface area (Å²) in [6, 6.07) is 1.04. The van der Waals surface area contributed by atoms with E-state index in [0.29, 0.717) is 12.1 Å². The fourth-order valence-corrected chi connectivity index (χ4v) is 4.11. The molecular formula is C15H27N3O. The summed E-state index contributed by atoms with van der Waals surface area (Å²) in [6.07, 6.45) is 8.65. The highest BCUT2D eigenvalue weighted by molar-refractivity contribution is 5.82. The minimum Gasteiger partial charge on any atom is -0.351 e. The Morgan fingerprint density at radius 2 is 2.05 bits per heavy atom. The van der Waals surface area contributed by atoms with E-state index in [0.717, 1.165) is 31.8 Å². The van der Waals surface area contributed by atoms with Gasteiger partial charge in [-0.3, -0.25) is 4.79 Å². The first-order valence-electron chi connectivity index (χ1n) is 7.97. The van der Waals surface area contributed by atoms with Crippen molar-refractivity contribution in [3.8, 4) is 0 Å². The van der Waals surface area contributed by atoms with Crippen molar-refractivity contribution >= 4 is 5.91 Å². The van der Waals surface area contributed by atoms with Gasteiger partial charge in [0.25, 0.3) is 0 Å². The van der Waals surface area contributed by atoms with Gasteiger partial charge in [-0.2, -0.15) is 0 Å². The minimum absolute atomic E-state index is 0.0698. The lowest BCUT2D eigenvalue weighted by Gasteiger charge is -2.31. The van der Waals surface area contributed by atoms with Crippen LogP contribution in [-0.4, -0.2) is 49.1 Å². The number of likely N-dealkylation sites (tertiary alicyclic amines) is 1. The Morgan fingerprint density at radius 1 is 1.21 bits per heavy atom. The molecule has 2 saturated heterocycles. The van der Waals surface area contributed by atoms with Gasteiger partial charge in [0.05, 0.1) is 6.04 Å². The molecule has 0 aromatic rings. The monoisotopic (exact) mass is 265 g/mol. The topological polar surface area (TPSA) is 44.4 Å². The highest BCUT2D eigenvalue weighted by Gasteiger charge is 2.38. The maximum Gasteiger partial charge on any atom is 0.237 e. The van der Waals surface area contributed by atoms with Gasteiger partial charge in [-0.25, -0.2) is 0 Å². The highest BCUT2D eigenvalue weighted by Crippen LogP contribution is 2.33. The van der Waals surface area contributed by atoms with E-state index in [1.54, 1.807) is 0 Å². The molecule has 19 heavy (non-hydrogen) atoms. The fourth-order valence-electron chi connectivity index (χ4n) is 4.11. The molecule has 0 spiro atoms. The van der Waals surface area contributed by atoms with Crippen molar-refractivity contribution in [2.75, 3.05) is 20.1 Å². The lowest BCUT2D eigenvalue weighted by Crippen LogP contribution is -2.51. The van der Waals surface area contributed by atoms with Crippen LogP contribution in [0.25, 0.3) is 0 Å². The molecule has 0 aromatic carbocycles. The summed E-state index contributed by atoms with van der Waals surface area (Å²) in [5, 5.41) is 6.83. The summed E-state index contributed by atoms with van der Waals surface area (Å²) in [7, 11) is 2.14. The summed E-state index contributed by atoms with van der Waals surface area (Å²) < 4.78 is 0. The minimum atomic E-state index is 0.0698. The van der Waals surface area contributed by atoms with Crippen LogP contribution in [0.3, 0.4) is 0 Å². The zero-order valence-corrected chi connectivity index (χ0v) is 12.0. The molecule has 1 amide bonds. The van der Waals surface area contributed by atoms with Crippen LogP contribution < -0.4 is 10.6 Å². The van der Waals surface area contributed by atoms with Gasteiger partial charge in [0.2, 0.25) is 5.91 Å². The molecule has 3 fully saturated rings. The van der Waals surface area contributed by atoms with Crippen LogP contribution in [0.15, 0.2) is 0 Å². The van der Waals surface area contributed by atoms with Crippen LogP contribution in [0.4, 0.5) is 0 Å². The van der Waals surface area contributed by atoms with Crippen LogP contribution >= 0.6 is 0 Å². The van der Waals surface area contributed by atoms with Crippen LogP contribution in [0.1, 0.15) is 44.9 Å². The maximum absolute atomic E-state index is 12.4. The highest BCUT2D eigenvalue weighted by atomic mass is 16.2. The number of hydrogen-bond donors (Lipinski definition) is 2. The lowest BCUT2D eigenvalue weighted by atomic mass is 9.85. The van der Waals surface area contributed by atoms with Gasteiger partial charge < -0.3 is 15.5 Å². The Balaban J connectivity index is 1.50. The normalized spacial score (nSPS) is 39.8. The second-order valence-electron chi connectivity index (χ2n) is 6.72. The van der Waals surface area contributed by atoms with E-state index in [2.05, 4.69) is 22.6 Å². The summed E-state index contributed by atoms with van der Waals surface area (Å²) in [5.74, 6) is 0.994. The van der Waals surface area contributed by atoms with Crippen molar-refractivity contribution in [1.29, 1.82) is 0 Å².